The molecule has 4 radical (unpaired) electrons. The van der Waals surface area contributed by atoms with Crippen molar-refractivity contribution in [3.63, 3.8) is 0 Å². The summed E-state index contributed by atoms with van der Waals surface area (Å²) in [5.41, 5.74) is 5.01. The van der Waals surface area contributed by atoms with Crippen molar-refractivity contribution in [1.82, 2.24) is 15.5 Å². The van der Waals surface area contributed by atoms with Gasteiger partial charge in [0, 0.05) is 47.5 Å². The number of likely N-dealkylation sites (tertiary alicyclic amines) is 1. The van der Waals surface area contributed by atoms with Crippen LogP contribution < -0.4 is 15.4 Å². The first-order valence-corrected chi connectivity index (χ1v) is 24.9. The van der Waals surface area contributed by atoms with Crippen LogP contribution in [0.15, 0.2) is 97.1 Å². The molecule has 0 bridgehead atoms. The van der Waals surface area contributed by atoms with Crippen LogP contribution in [0.1, 0.15) is 94.9 Å². The molecular formula is C50H61N3O8Si2. The Morgan fingerprint density at radius 1 is 0.794 bits per heavy atom. The largest absolute Gasteiger partial charge is 0.457 e. The van der Waals surface area contributed by atoms with Gasteiger partial charge in [-0.05, 0) is 87.5 Å². The Labute approximate surface area is 377 Å². The van der Waals surface area contributed by atoms with Crippen LogP contribution in [0.5, 0.6) is 11.5 Å². The topological polar surface area (TPSA) is 125 Å². The van der Waals surface area contributed by atoms with Gasteiger partial charge in [0.2, 0.25) is 25.4 Å². The maximum atomic E-state index is 14.6. The van der Waals surface area contributed by atoms with E-state index in [-0.39, 0.29) is 43.2 Å². The summed E-state index contributed by atoms with van der Waals surface area (Å²) in [7, 11) is 0.666. The normalized spacial score (nSPS) is 17.7. The van der Waals surface area contributed by atoms with Crippen molar-refractivity contribution >= 4 is 37.6 Å². The number of benzene rings is 4. The minimum Gasteiger partial charge on any atom is -0.457 e. The van der Waals surface area contributed by atoms with E-state index in [0.717, 1.165) is 70.6 Å². The molecule has 2 aliphatic heterocycles. The van der Waals surface area contributed by atoms with E-state index in [4.69, 9.17) is 23.1 Å². The van der Waals surface area contributed by atoms with Crippen LogP contribution in [0.4, 0.5) is 9.59 Å². The van der Waals surface area contributed by atoms with Crippen molar-refractivity contribution < 1.29 is 37.4 Å². The Balaban J connectivity index is 1.11. The van der Waals surface area contributed by atoms with Gasteiger partial charge in [0.25, 0.3) is 0 Å². The maximum Gasteiger partial charge on any atom is 0.409 e. The number of alkyl carbamates (subject to hydrolysis) is 1. The molecule has 0 spiro atoms. The quantitative estimate of drug-likeness (QED) is 0.0648. The number of ether oxygens (including phenoxy) is 3. The smallest absolute Gasteiger partial charge is 0.409 e. The Bertz CT molecular complexity index is 2150. The highest BCUT2D eigenvalue weighted by molar-refractivity contribution is 6.26. The van der Waals surface area contributed by atoms with Gasteiger partial charge in [0.1, 0.15) is 30.0 Å². The monoisotopic (exact) mass is 887 g/mol. The first-order chi connectivity index (χ1) is 30.2. The van der Waals surface area contributed by atoms with Crippen LogP contribution in [-0.4, -0.2) is 86.7 Å². The summed E-state index contributed by atoms with van der Waals surface area (Å²) in [5, 5.41) is 6.32. The molecule has 4 aromatic carbocycles. The fraction of sp³-hybridized carbons (Fsp3) is 0.460. The fourth-order valence-corrected chi connectivity index (χ4v) is 10.7. The van der Waals surface area contributed by atoms with E-state index in [2.05, 4.69) is 60.9 Å². The van der Waals surface area contributed by atoms with Gasteiger partial charge in [0.15, 0.2) is 0 Å². The average molecular weight is 888 g/mol. The summed E-state index contributed by atoms with van der Waals surface area (Å²) >= 11 is 0. The molecule has 63 heavy (non-hydrogen) atoms. The van der Waals surface area contributed by atoms with Gasteiger partial charge in [-0.3, -0.25) is 4.79 Å². The standard InChI is InChI=1S/C50H61N3O8Si2/c1-48(2,3)59-46(55)52-34-28-33(29-53(30-34)47(56)57-31-39-37-20-10-8-18-35(37)36-19-9-11-21-38(36)39)44(54)51-32-50(27-17-16-26-49(4,5)45(60-62-6)61-63-7)40-22-12-14-24-42(40)58-43-25-15-13-23-41(43)50/h8-15,18-25,33-34,39,45H,16-17,26-32H2,1-7H3,(H,51,54)(H,52,55)/t33-,34+/m0/s1. The second-order valence-electron chi connectivity index (χ2n) is 18.6. The molecule has 2 atom stereocenters. The molecular weight excluding hydrogens is 827 g/mol. The predicted molar refractivity (Wildman–Crippen MR) is 246 cm³/mol. The first kappa shape index (κ1) is 46.0. The lowest BCUT2D eigenvalue weighted by molar-refractivity contribution is -0.127. The highest BCUT2D eigenvalue weighted by atomic mass is 28.2. The van der Waals surface area contributed by atoms with E-state index in [1.165, 1.54) is 0 Å². The Hall–Kier alpha value is -4.96. The third-order valence-corrected chi connectivity index (χ3v) is 13.4. The summed E-state index contributed by atoms with van der Waals surface area (Å²) in [6.07, 6.45) is 2.34. The molecule has 332 valence electrons. The van der Waals surface area contributed by atoms with Gasteiger partial charge < -0.3 is 38.6 Å². The first-order valence-electron chi connectivity index (χ1n) is 22.1. The summed E-state index contributed by atoms with van der Waals surface area (Å²) < 4.78 is 30.3. The van der Waals surface area contributed by atoms with Crippen molar-refractivity contribution in [3.8, 4) is 22.6 Å². The van der Waals surface area contributed by atoms with Crippen LogP contribution in [0.2, 0.25) is 13.1 Å². The van der Waals surface area contributed by atoms with E-state index in [0.29, 0.717) is 32.5 Å². The maximum absolute atomic E-state index is 14.6. The summed E-state index contributed by atoms with van der Waals surface area (Å²) in [4.78, 5) is 43.4. The Kier molecular flexibility index (Phi) is 14.5. The number of fused-ring (bicyclic) bond motifs is 5. The minimum absolute atomic E-state index is 0.121. The van der Waals surface area contributed by atoms with Gasteiger partial charge in [-0.15, -0.1) is 0 Å². The molecule has 1 fully saturated rings. The molecule has 2 heterocycles. The third kappa shape index (κ3) is 10.5. The van der Waals surface area contributed by atoms with Crippen molar-refractivity contribution in [2.75, 3.05) is 26.2 Å². The molecule has 1 aliphatic carbocycles. The molecule has 4 aromatic rings. The number of unbranched alkanes of at least 4 members (excludes halogenated alkanes) is 1. The van der Waals surface area contributed by atoms with Crippen molar-refractivity contribution in [1.29, 1.82) is 0 Å². The van der Waals surface area contributed by atoms with E-state index >= 15 is 0 Å². The summed E-state index contributed by atoms with van der Waals surface area (Å²) in [5.74, 6) is 0.562. The van der Waals surface area contributed by atoms with Crippen LogP contribution in [0, 0.1) is 11.3 Å². The number of carbonyl (C=O) groups is 3. The van der Waals surface area contributed by atoms with Gasteiger partial charge in [-0.25, -0.2) is 9.59 Å². The van der Waals surface area contributed by atoms with Gasteiger partial charge in [-0.1, -0.05) is 112 Å². The molecule has 0 unspecified atom stereocenters. The van der Waals surface area contributed by atoms with Crippen LogP contribution in [0.25, 0.3) is 11.1 Å². The average Bonchev–Trinajstić information content (AvgIpc) is 3.58. The van der Waals surface area contributed by atoms with Crippen LogP contribution in [0.3, 0.4) is 0 Å². The zero-order valence-corrected chi connectivity index (χ0v) is 39.6. The van der Waals surface area contributed by atoms with Crippen molar-refractivity contribution in [2.24, 2.45) is 11.3 Å². The van der Waals surface area contributed by atoms with Gasteiger partial charge in [0.05, 0.1) is 12.0 Å². The SMILES string of the molecule is C[Si]OC(O[Si]C)C(C)(C)CCCCC1(CNC(=O)[C@H]2C[C@@H](NC(=O)OC(C)(C)C)CN(C(=O)OCC3c4ccccc4-c4ccccc43)C2)c2ccccc2Oc2ccccc21. The minimum atomic E-state index is -0.725. The lowest BCUT2D eigenvalue weighted by atomic mass is 9.68. The zero-order valence-electron chi connectivity index (χ0n) is 37.6. The van der Waals surface area contributed by atoms with Gasteiger partial charge in [-0.2, -0.15) is 0 Å². The molecule has 11 nitrogen and oxygen atoms in total. The fourth-order valence-electron chi connectivity index (χ4n) is 9.48. The second kappa shape index (κ2) is 19.8. The number of piperidine rings is 1. The molecule has 3 amide bonds. The van der Waals surface area contributed by atoms with Crippen LogP contribution >= 0.6 is 0 Å². The Morgan fingerprint density at radius 3 is 1.95 bits per heavy atom. The molecule has 2 N–H and O–H groups in total. The van der Waals surface area contributed by atoms with Crippen LogP contribution in [-0.2, 0) is 28.5 Å². The number of nitrogens with zero attached hydrogens (tertiary/aromatic N) is 1. The van der Waals surface area contributed by atoms with E-state index in [9.17, 15) is 14.4 Å². The molecule has 1 saturated heterocycles. The number of rotatable bonds is 16. The number of hydrogen-bond donors (Lipinski definition) is 2. The number of nitrogens with one attached hydrogen (secondary N) is 2. The highest BCUT2D eigenvalue weighted by Crippen LogP contribution is 2.51. The molecule has 13 heteroatoms. The van der Waals surface area contributed by atoms with E-state index in [1.54, 1.807) is 25.7 Å². The molecule has 0 aromatic heterocycles. The number of hydrogen-bond acceptors (Lipinski definition) is 8. The lowest BCUT2D eigenvalue weighted by Crippen LogP contribution is -2.56. The second-order valence-corrected chi connectivity index (χ2v) is 19.8. The predicted octanol–water partition coefficient (Wildman–Crippen LogP) is 9.64. The summed E-state index contributed by atoms with van der Waals surface area (Å²) in [6.45, 7) is 14.6. The van der Waals surface area contributed by atoms with E-state index < -0.39 is 35.2 Å². The number of carbonyl (C=O) groups excluding carboxylic acids is 3. The zero-order chi connectivity index (χ0) is 44.8. The van der Waals surface area contributed by atoms with Crippen molar-refractivity contribution in [2.45, 2.75) is 109 Å². The highest BCUT2D eigenvalue weighted by Gasteiger charge is 2.44. The Morgan fingerprint density at radius 2 is 1.37 bits per heavy atom. The summed E-state index contributed by atoms with van der Waals surface area (Å²) in [6, 6.07) is 32.0. The lowest BCUT2D eigenvalue weighted by Gasteiger charge is -2.42. The molecule has 3 aliphatic rings. The van der Waals surface area contributed by atoms with Crippen molar-refractivity contribution in [3.05, 3.63) is 119 Å². The molecule has 0 saturated carbocycles. The third-order valence-electron chi connectivity index (χ3n) is 12.5. The van der Waals surface area contributed by atoms with Gasteiger partial charge >= 0.3 is 12.2 Å². The number of amides is 3. The van der Waals surface area contributed by atoms with E-state index in [1.807, 2.05) is 73.8 Å². The number of para-hydroxylation sites is 2. The molecule has 7 rings (SSSR count).